The molecule has 1 aliphatic carbocycles. The number of unbranched alkanes of at least 4 members (excludes halogenated alkanes) is 3. The van der Waals surface area contributed by atoms with Gasteiger partial charge in [-0.05, 0) is 58.2 Å². The lowest BCUT2D eigenvalue weighted by molar-refractivity contribution is 0.327. The van der Waals surface area contributed by atoms with Crippen molar-refractivity contribution in [3.05, 3.63) is 22.4 Å². The summed E-state index contributed by atoms with van der Waals surface area (Å²) in [5, 5.41) is 0. The number of nitrogens with zero attached hydrogens (tertiary/aromatic N) is 5. The van der Waals surface area contributed by atoms with Crippen LogP contribution < -0.4 is 11.4 Å². The van der Waals surface area contributed by atoms with Crippen LogP contribution in [0.1, 0.15) is 63.0 Å². The SMILES string of the molecule is Nc1nc(-c2nc(C3CC3)c[nH]2)nc2c1[nH]c(=O)n2CCCCCCN1CCCC1. The summed E-state index contributed by atoms with van der Waals surface area (Å²) in [5.74, 6) is 1.87. The van der Waals surface area contributed by atoms with E-state index in [0.717, 1.165) is 18.5 Å². The lowest BCUT2D eigenvalue weighted by Crippen LogP contribution is -2.20. The largest absolute Gasteiger partial charge is 0.382 e. The highest BCUT2D eigenvalue weighted by Crippen LogP contribution is 2.39. The molecular weight excluding hydrogens is 380 g/mol. The number of hydrogen-bond acceptors (Lipinski definition) is 6. The molecule has 4 heterocycles. The Morgan fingerprint density at radius 3 is 2.57 bits per heavy atom. The van der Waals surface area contributed by atoms with Crippen LogP contribution in [0.15, 0.2) is 11.0 Å². The van der Waals surface area contributed by atoms with Crippen LogP contribution in [0.3, 0.4) is 0 Å². The Morgan fingerprint density at radius 2 is 1.80 bits per heavy atom. The van der Waals surface area contributed by atoms with E-state index in [9.17, 15) is 4.79 Å². The first-order chi connectivity index (χ1) is 14.7. The van der Waals surface area contributed by atoms with Gasteiger partial charge in [0.25, 0.3) is 0 Å². The zero-order valence-corrected chi connectivity index (χ0v) is 17.4. The molecule has 0 spiro atoms. The molecule has 1 saturated carbocycles. The molecular formula is C21H30N8O. The number of nitrogens with two attached hydrogens (primary N) is 1. The summed E-state index contributed by atoms with van der Waals surface area (Å²) in [5.41, 5.74) is 8.06. The summed E-state index contributed by atoms with van der Waals surface area (Å²) in [6, 6.07) is 0. The second-order valence-electron chi connectivity index (χ2n) is 8.62. The summed E-state index contributed by atoms with van der Waals surface area (Å²) in [4.78, 5) is 34.6. The van der Waals surface area contributed by atoms with Crippen LogP contribution in [0.25, 0.3) is 22.8 Å². The van der Waals surface area contributed by atoms with Crippen molar-refractivity contribution in [1.82, 2.24) is 34.4 Å². The molecule has 9 nitrogen and oxygen atoms in total. The molecule has 4 N–H and O–H groups in total. The van der Waals surface area contributed by atoms with Crippen molar-refractivity contribution < 1.29 is 0 Å². The highest BCUT2D eigenvalue weighted by Gasteiger charge is 2.26. The topological polar surface area (TPSA) is 122 Å². The number of nitrogen functional groups attached to an aromatic ring is 1. The van der Waals surface area contributed by atoms with Gasteiger partial charge in [0.2, 0.25) is 0 Å². The maximum atomic E-state index is 12.5. The monoisotopic (exact) mass is 410 g/mol. The maximum Gasteiger partial charge on any atom is 0.327 e. The molecule has 30 heavy (non-hydrogen) atoms. The number of fused-ring (bicyclic) bond motifs is 1. The fourth-order valence-electron chi connectivity index (χ4n) is 4.37. The first-order valence-electron chi connectivity index (χ1n) is 11.2. The van der Waals surface area contributed by atoms with E-state index in [-0.39, 0.29) is 11.5 Å². The Kier molecular flexibility index (Phi) is 5.28. The Bertz CT molecular complexity index is 1070. The maximum absolute atomic E-state index is 12.5. The predicted octanol–water partition coefficient (Wildman–Crippen LogP) is 2.63. The summed E-state index contributed by atoms with van der Waals surface area (Å²) in [7, 11) is 0. The molecule has 0 atom stereocenters. The van der Waals surface area contributed by atoms with Crippen molar-refractivity contribution in [2.75, 3.05) is 25.4 Å². The van der Waals surface area contributed by atoms with Gasteiger partial charge in [-0.1, -0.05) is 12.8 Å². The fourth-order valence-corrected chi connectivity index (χ4v) is 4.37. The number of aromatic amines is 2. The molecule has 3 aromatic heterocycles. The molecule has 2 fully saturated rings. The number of likely N-dealkylation sites (tertiary alicyclic amines) is 1. The van der Waals surface area contributed by atoms with Crippen molar-refractivity contribution in [1.29, 1.82) is 0 Å². The molecule has 9 heteroatoms. The van der Waals surface area contributed by atoms with Gasteiger partial charge in [0, 0.05) is 18.7 Å². The van der Waals surface area contributed by atoms with E-state index in [1.54, 1.807) is 4.57 Å². The third kappa shape index (κ3) is 3.98. The van der Waals surface area contributed by atoms with E-state index in [4.69, 9.17) is 5.73 Å². The Hall–Kier alpha value is -2.68. The van der Waals surface area contributed by atoms with Crippen LogP contribution in [0, 0.1) is 0 Å². The minimum absolute atomic E-state index is 0.182. The average molecular weight is 411 g/mol. The van der Waals surface area contributed by atoms with Crippen LogP contribution in [-0.2, 0) is 6.54 Å². The summed E-state index contributed by atoms with van der Waals surface area (Å²) in [6.07, 6.45) is 11.4. The standard InChI is InChI=1S/C21H30N8O/c22-17-16-20(27-19(26-17)18-23-13-15(24-18)14-7-8-14)29(21(30)25-16)12-4-2-1-3-9-28-10-5-6-11-28/h13-14H,1-12H2,(H,23,24)(H,25,30)(H2,22,26,27). The third-order valence-corrected chi connectivity index (χ3v) is 6.26. The number of anilines is 1. The summed E-state index contributed by atoms with van der Waals surface area (Å²) >= 11 is 0. The molecule has 0 unspecified atom stereocenters. The summed E-state index contributed by atoms with van der Waals surface area (Å²) < 4.78 is 1.68. The lowest BCUT2D eigenvalue weighted by atomic mass is 10.2. The molecule has 0 amide bonds. The van der Waals surface area contributed by atoms with Crippen LogP contribution >= 0.6 is 0 Å². The molecule has 0 aromatic carbocycles. The van der Waals surface area contributed by atoms with Gasteiger partial charge in [-0.15, -0.1) is 0 Å². The second kappa shape index (κ2) is 8.22. The molecule has 160 valence electrons. The number of aryl methyl sites for hydroxylation is 1. The van der Waals surface area contributed by atoms with Gasteiger partial charge < -0.3 is 20.6 Å². The molecule has 3 aromatic rings. The van der Waals surface area contributed by atoms with Crippen LogP contribution in [0.4, 0.5) is 5.82 Å². The Balaban J connectivity index is 1.26. The molecule has 2 aliphatic rings. The summed E-state index contributed by atoms with van der Waals surface area (Å²) in [6.45, 7) is 4.34. The smallest absolute Gasteiger partial charge is 0.327 e. The quantitative estimate of drug-likeness (QED) is 0.466. The van der Waals surface area contributed by atoms with E-state index >= 15 is 0 Å². The number of rotatable bonds is 9. The van der Waals surface area contributed by atoms with E-state index < -0.39 is 0 Å². The van der Waals surface area contributed by atoms with E-state index in [1.165, 1.54) is 58.2 Å². The van der Waals surface area contributed by atoms with Gasteiger partial charge in [0.1, 0.15) is 5.52 Å². The zero-order chi connectivity index (χ0) is 20.5. The predicted molar refractivity (Wildman–Crippen MR) is 116 cm³/mol. The minimum atomic E-state index is -0.182. The van der Waals surface area contributed by atoms with Gasteiger partial charge >= 0.3 is 5.69 Å². The van der Waals surface area contributed by atoms with Crippen molar-refractivity contribution in [3.63, 3.8) is 0 Å². The van der Waals surface area contributed by atoms with E-state index in [0.29, 0.717) is 35.3 Å². The zero-order valence-electron chi connectivity index (χ0n) is 17.4. The molecule has 0 radical (unpaired) electrons. The molecule has 1 saturated heterocycles. The van der Waals surface area contributed by atoms with Crippen molar-refractivity contribution in [2.45, 2.75) is 63.8 Å². The van der Waals surface area contributed by atoms with E-state index in [2.05, 4.69) is 29.8 Å². The van der Waals surface area contributed by atoms with Crippen molar-refractivity contribution >= 4 is 17.0 Å². The number of imidazole rings is 2. The normalized spacial score (nSPS) is 17.3. The van der Waals surface area contributed by atoms with E-state index in [1.807, 2.05) is 6.20 Å². The van der Waals surface area contributed by atoms with Gasteiger partial charge in [-0.25, -0.2) is 19.7 Å². The van der Waals surface area contributed by atoms with Gasteiger partial charge in [0.05, 0.1) is 5.69 Å². The highest BCUT2D eigenvalue weighted by molar-refractivity contribution is 5.83. The molecule has 5 rings (SSSR count). The lowest BCUT2D eigenvalue weighted by Gasteiger charge is -2.13. The molecule has 0 bridgehead atoms. The Labute approximate surface area is 175 Å². The van der Waals surface area contributed by atoms with Gasteiger partial charge in [0.15, 0.2) is 23.1 Å². The fraction of sp³-hybridized carbons (Fsp3) is 0.619. The minimum Gasteiger partial charge on any atom is -0.382 e. The highest BCUT2D eigenvalue weighted by atomic mass is 16.1. The van der Waals surface area contributed by atoms with Crippen molar-refractivity contribution in [3.8, 4) is 11.6 Å². The average Bonchev–Trinajstić information content (AvgIpc) is 3.14. The van der Waals surface area contributed by atoms with Crippen molar-refractivity contribution in [2.24, 2.45) is 0 Å². The first-order valence-corrected chi connectivity index (χ1v) is 11.2. The number of aromatic nitrogens is 6. The van der Waals surface area contributed by atoms with Crippen LogP contribution in [-0.4, -0.2) is 54.0 Å². The number of H-pyrrole nitrogens is 2. The van der Waals surface area contributed by atoms with Gasteiger partial charge in [-0.3, -0.25) is 4.57 Å². The number of hydrogen-bond donors (Lipinski definition) is 3. The van der Waals surface area contributed by atoms with Crippen LogP contribution in [0.5, 0.6) is 0 Å². The number of nitrogens with one attached hydrogen (secondary N) is 2. The van der Waals surface area contributed by atoms with Crippen LogP contribution in [0.2, 0.25) is 0 Å². The third-order valence-electron chi connectivity index (χ3n) is 6.26. The Morgan fingerprint density at radius 1 is 1.03 bits per heavy atom. The second-order valence-corrected chi connectivity index (χ2v) is 8.62. The van der Waals surface area contributed by atoms with Gasteiger partial charge in [-0.2, -0.15) is 0 Å². The molecule has 1 aliphatic heterocycles. The first kappa shape index (κ1) is 19.3.